The van der Waals surface area contributed by atoms with Gasteiger partial charge in [-0.1, -0.05) is 30.3 Å². The lowest BCUT2D eigenvalue weighted by atomic mass is 9.70. The van der Waals surface area contributed by atoms with Crippen molar-refractivity contribution < 1.29 is 9.21 Å². The summed E-state index contributed by atoms with van der Waals surface area (Å²) >= 11 is 0. The number of carbonyl (C=O) groups excluding carboxylic acids is 1. The molecule has 3 aliphatic rings. The van der Waals surface area contributed by atoms with E-state index in [9.17, 15) is 4.79 Å². The van der Waals surface area contributed by atoms with E-state index in [0.717, 1.165) is 56.1 Å². The summed E-state index contributed by atoms with van der Waals surface area (Å²) < 4.78 is 6.15. The van der Waals surface area contributed by atoms with E-state index in [1.165, 1.54) is 12.5 Å². The average Bonchev–Trinajstić information content (AvgIpc) is 3.72. The zero-order valence-electron chi connectivity index (χ0n) is 24.1. The van der Waals surface area contributed by atoms with Crippen LogP contribution in [0.1, 0.15) is 55.9 Å². The molecule has 11 nitrogen and oxygen atoms in total. The van der Waals surface area contributed by atoms with Crippen molar-refractivity contribution >= 4 is 28.4 Å². The van der Waals surface area contributed by atoms with E-state index in [1.54, 1.807) is 4.80 Å². The molecular formula is C31H35N9O2. The molecule has 11 heteroatoms. The summed E-state index contributed by atoms with van der Waals surface area (Å²) in [5.41, 5.74) is 4.71. The van der Waals surface area contributed by atoms with Crippen LogP contribution in [0.3, 0.4) is 0 Å². The van der Waals surface area contributed by atoms with Crippen molar-refractivity contribution in [2.75, 3.05) is 31.5 Å². The normalized spacial score (nSPS) is 21.8. The van der Waals surface area contributed by atoms with Crippen LogP contribution in [0.25, 0.3) is 11.1 Å². The Hall–Kier alpha value is -4.22. The van der Waals surface area contributed by atoms with Crippen LogP contribution in [-0.2, 0) is 11.8 Å². The van der Waals surface area contributed by atoms with Gasteiger partial charge in [-0.2, -0.15) is 4.80 Å². The van der Waals surface area contributed by atoms with Crippen molar-refractivity contribution in [3.8, 4) is 0 Å². The number of benzene rings is 2. The number of aliphatic imine (C=N–C) groups is 1. The smallest absolute Gasteiger partial charge is 0.221 e. The predicted octanol–water partition coefficient (Wildman–Crippen LogP) is 3.94. The van der Waals surface area contributed by atoms with Gasteiger partial charge in [0.2, 0.25) is 11.8 Å². The quantitative estimate of drug-likeness (QED) is 0.358. The Morgan fingerprint density at radius 3 is 2.60 bits per heavy atom. The fraction of sp³-hybridized carbons (Fsp3) is 0.419. The predicted molar refractivity (Wildman–Crippen MR) is 159 cm³/mol. The first-order valence-electron chi connectivity index (χ1n) is 14.6. The third-order valence-electron chi connectivity index (χ3n) is 8.97. The second-order valence-corrected chi connectivity index (χ2v) is 11.9. The lowest BCUT2D eigenvalue weighted by molar-refractivity contribution is -0.114. The summed E-state index contributed by atoms with van der Waals surface area (Å²) in [6, 6.07) is 16.2. The van der Waals surface area contributed by atoms with E-state index in [-0.39, 0.29) is 23.9 Å². The molecule has 216 valence electrons. The molecule has 2 saturated heterocycles. The number of carbonyl (C=O) groups is 1. The van der Waals surface area contributed by atoms with Crippen molar-refractivity contribution in [2.45, 2.75) is 44.7 Å². The third-order valence-corrected chi connectivity index (χ3v) is 8.97. The molecule has 2 fully saturated rings. The number of nitrogens with zero attached hydrogens (tertiary/aromatic N) is 8. The van der Waals surface area contributed by atoms with Crippen molar-refractivity contribution in [1.29, 1.82) is 0 Å². The highest BCUT2D eigenvalue weighted by Crippen LogP contribution is 2.46. The number of amides is 1. The van der Waals surface area contributed by atoms with Gasteiger partial charge in [0.1, 0.15) is 5.52 Å². The molecule has 7 rings (SSSR count). The number of oxazole rings is 1. The highest BCUT2D eigenvalue weighted by molar-refractivity contribution is 5.98. The van der Waals surface area contributed by atoms with E-state index in [4.69, 9.17) is 14.4 Å². The molecule has 1 amide bonds. The van der Waals surface area contributed by atoms with Gasteiger partial charge in [0.25, 0.3) is 0 Å². The number of fused-ring (bicyclic) bond motifs is 1. The van der Waals surface area contributed by atoms with Gasteiger partial charge in [-0.25, -0.2) is 4.98 Å². The number of tetrazole rings is 1. The standard InChI is InChI=1S/C31H35N9O2/c1-20(27-24(11-14-32-27)30-34-25-17-23(33-21(2)41)9-10-26(25)42-30)39-15-12-31(13-16-39)18-40(19-31)28(22-7-5-4-6-8-22)29-35-37-38(3)36-29/h4-11,14,17,20,24,28H,12-13,15-16,18-19H2,1-3H3,(H,33,41)/t20-,24?,28?/m1/s1. The van der Waals surface area contributed by atoms with Gasteiger partial charge < -0.3 is 9.73 Å². The summed E-state index contributed by atoms with van der Waals surface area (Å²) in [7, 11) is 1.82. The second kappa shape index (κ2) is 10.6. The minimum Gasteiger partial charge on any atom is -0.440 e. The summed E-state index contributed by atoms with van der Waals surface area (Å²) in [5, 5.41) is 15.9. The first kappa shape index (κ1) is 26.7. The first-order valence-corrected chi connectivity index (χ1v) is 14.6. The Labute approximate surface area is 244 Å². The van der Waals surface area contributed by atoms with E-state index < -0.39 is 0 Å². The highest BCUT2D eigenvalue weighted by Gasteiger charge is 2.49. The average molecular weight is 566 g/mol. The van der Waals surface area contributed by atoms with Gasteiger partial charge in [0.05, 0.1) is 24.7 Å². The molecule has 0 saturated carbocycles. The Morgan fingerprint density at radius 2 is 1.88 bits per heavy atom. The van der Waals surface area contributed by atoms with E-state index >= 15 is 0 Å². The lowest BCUT2D eigenvalue weighted by Crippen LogP contribution is -2.62. The molecule has 0 radical (unpaired) electrons. The number of anilines is 1. The summed E-state index contributed by atoms with van der Waals surface area (Å²) in [6.07, 6.45) is 6.21. The zero-order valence-corrected chi connectivity index (χ0v) is 24.1. The summed E-state index contributed by atoms with van der Waals surface area (Å²) in [4.78, 5) is 27.6. The van der Waals surface area contributed by atoms with Crippen LogP contribution in [0.15, 0.2) is 70.2 Å². The van der Waals surface area contributed by atoms with Gasteiger partial charge in [0, 0.05) is 37.9 Å². The van der Waals surface area contributed by atoms with Crippen molar-refractivity contribution in [2.24, 2.45) is 17.5 Å². The highest BCUT2D eigenvalue weighted by atomic mass is 16.3. The number of allylic oxidation sites excluding steroid dienone is 1. The van der Waals surface area contributed by atoms with Crippen LogP contribution in [0, 0.1) is 5.41 Å². The first-order chi connectivity index (χ1) is 20.4. The van der Waals surface area contributed by atoms with Crippen LogP contribution < -0.4 is 5.32 Å². The third kappa shape index (κ3) is 4.92. The molecule has 3 atom stereocenters. The molecule has 2 unspecified atom stereocenters. The Morgan fingerprint density at radius 1 is 1.10 bits per heavy atom. The van der Waals surface area contributed by atoms with Gasteiger partial charge in [0.15, 0.2) is 11.4 Å². The van der Waals surface area contributed by atoms with Crippen LogP contribution in [0.2, 0.25) is 0 Å². The minimum absolute atomic E-state index is 0.0211. The lowest BCUT2D eigenvalue weighted by Gasteiger charge is -2.56. The number of piperidine rings is 1. The maximum Gasteiger partial charge on any atom is 0.221 e. The number of rotatable bonds is 7. The SMILES string of the molecule is CC(=O)Nc1ccc2oc(C3C=CN=C3[C@@H](C)N3CCC4(CC3)CN(C(c3ccccc3)c3nnn(C)n3)C4)nc2c1. The summed E-state index contributed by atoms with van der Waals surface area (Å²) in [5.74, 6) is 1.18. The van der Waals surface area contributed by atoms with Crippen molar-refractivity contribution in [3.63, 3.8) is 0 Å². The topological polar surface area (TPSA) is 118 Å². The van der Waals surface area contributed by atoms with Gasteiger partial charge in [-0.05, 0) is 73.3 Å². The van der Waals surface area contributed by atoms with Crippen LogP contribution >= 0.6 is 0 Å². The number of hydrogen-bond donors (Lipinski definition) is 1. The zero-order chi connectivity index (χ0) is 28.8. The Balaban J connectivity index is 1.00. The monoisotopic (exact) mass is 565 g/mol. The maximum absolute atomic E-state index is 11.5. The summed E-state index contributed by atoms with van der Waals surface area (Å²) in [6.45, 7) is 7.84. The van der Waals surface area contributed by atoms with E-state index in [1.807, 2.05) is 37.5 Å². The molecule has 2 aromatic heterocycles. The van der Waals surface area contributed by atoms with Gasteiger partial charge >= 0.3 is 0 Å². The Kier molecular flexibility index (Phi) is 6.70. The van der Waals surface area contributed by atoms with Crippen LogP contribution in [0.4, 0.5) is 5.69 Å². The molecule has 42 heavy (non-hydrogen) atoms. The Bertz CT molecular complexity index is 1660. The molecule has 3 aliphatic heterocycles. The fourth-order valence-electron chi connectivity index (χ4n) is 6.78. The molecule has 4 aromatic rings. The molecule has 1 spiro atoms. The van der Waals surface area contributed by atoms with Crippen molar-refractivity contribution in [1.82, 2.24) is 35.0 Å². The number of hydrogen-bond acceptors (Lipinski definition) is 9. The number of likely N-dealkylation sites (tertiary alicyclic amines) is 2. The number of aromatic nitrogens is 5. The molecule has 0 aliphatic carbocycles. The molecule has 5 heterocycles. The minimum atomic E-state index is -0.114. The fourth-order valence-corrected chi connectivity index (χ4v) is 6.78. The molecular weight excluding hydrogens is 530 g/mol. The molecule has 2 aromatic carbocycles. The van der Waals surface area contributed by atoms with Crippen LogP contribution in [0.5, 0.6) is 0 Å². The number of aryl methyl sites for hydroxylation is 1. The van der Waals surface area contributed by atoms with Crippen LogP contribution in [-0.4, -0.2) is 78.8 Å². The molecule has 1 N–H and O–H groups in total. The van der Waals surface area contributed by atoms with Crippen molar-refractivity contribution in [3.05, 3.63) is 78.1 Å². The second-order valence-electron chi connectivity index (χ2n) is 11.9. The van der Waals surface area contributed by atoms with E-state index in [0.29, 0.717) is 22.6 Å². The molecule has 0 bridgehead atoms. The number of nitrogens with one attached hydrogen (secondary N) is 1. The largest absolute Gasteiger partial charge is 0.440 e. The van der Waals surface area contributed by atoms with Gasteiger partial charge in [-0.3, -0.25) is 19.6 Å². The maximum atomic E-state index is 11.5. The van der Waals surface area contributed by atoms with E-state index in [2.05, 4.69) is 67.8 Å². The van der Waals surface area contributed by atoms with Gasteiger partial charge in [-0.15, -0.1) is 10.2 Å².